The zero-order chi connectivity index (χ0) is 23.1. The van der Waals surface area contributed by atoms with Crippen molar-refractivity contribution >= 4 is 51.4 Å². The van der Waals surface area contributed by atoms with Crippen LogP contribution in [0.3, 0.4) is 0 Å². The molecule has 33 heavy (non-hydrogen) atoms. The Labute approximate surface area is 200 Å². The highest BCUT2D eigenvalue weighted by atomic mass is 35.5. The second-order valence-corrected chi connectivity index (χ2v) is 9.17. The molecule has 2 aromatic carbocycles. The minimum absolute atomic E-state index is 0.00687. The topological polar surface area (TPSA) is 73.8 Å². The zero-order valence-corrected chi connectivity index (χ0v) is 19.6. The Balaban J connectivity index is 1.47. The van der Waals surface area contributed by atoms with E-state index in [9.17, 15) is 4.79 Å². The van der Waals surface area contributed by atoms with Crippen LogP contribution in [0, 0.1) is 19.3 Å². The third-order valence-corrected chi connectivity index (χ3v) is 6.93. The summed E-state index contributed by atoms with van der Waals surface area (Å²) in [5.41, 5.74) is 5.15. The zero-order valence-electron chi connectivity index (χ0n) is 18.0. The monoisotopic (exact) mass is 473 g/mol. The molecule has 3 aromatic rings. The first-order valence-corrected chi connectivity index (χ1v) is 11.6. The number of nitrogens with one attached hydrogen (secondary N) is 1. The summed E-state index contributed by atoms with van der Waals surface area (Å²) >= 11 is 7.55. The predicted octanol–water partition coefficient (Wildman–Crippen LogP) is 5.47. The second kappa shape index (κ2) is 8.50. The van der Waals surface area contributed by atoms with Crippen molar-refractivity contribution in [3.8, 4) is 0 Å². The van der Waals surface area contributed by atoms with Gasteiger partial charge in [0.05, 0.1) is 10.6 Å². The highest BCUT2D eigenvalue weighted by Gasteiger charge is 2.36. The number of carbonyl (C=O) groups excluding carboxylic acids is 1. The fourth-order valence-electron chi connectivity index (χ4n) is 3.87. The lowest BCUT2D eigenvalue weighted by molar-refractivity contribution is -0.114. The Morgan fingerprint density at radius 2 is 1.82 bits per heavy atom. The molecule has 2 aliphatic rings. The average molecular weight is 474 g/mol. The standard InChI is InChI=1S/C25H20ClN5OS/c1-15-12-18(16(2)30(15)14-17-8-4-3-5-9-17)13-20-22(27)31-25(28-23(20)32)33-24(29-31)19-10-6-7-11-21(19)26/h3-13,27H,14H2,1-2H3/b20-13-,27-22?. The van der Waals surface area contributed by atoms with Crippen molar-refractivity contribution in [1.29, 1.82) is 5.41 Å². The van der Waals surface area contributed by atoms with Crippen LogP contribution in [-0.2, 0) is 11.3 Å². The van der Waals surface area contributed by atoms with Gasteiger partial charge in [-0.25, -0.2) is 0 Å². The Bertz CT molecular complexity index is 1390. The van der Waals surface area contributed by atoms with E-state index in [1.54, 1.807) is 12.1 Å². The number of aliphatic imine (C=N–C) groups is 1. The first-order chi connectivity index (χ1) is 15.9. The van der Waals surface area contributed by atoms with E-state index in [1.807, 2.05) is 56.3 Å². The van der Waals surface area contributed by atoms with Crippen molar-refractivity contribution in [1.82, 2.24) is 9.58 Å². The number of aryl methyl sites for hydroxylation is 1. The quantitative estimate of drug-likeness (QED) is 0.510. The molecule has 5 rings (SSSR count). The lowest BCUT2D eigenvalue weighted by Crippen LogP contribution is -2.35. The van der Waals surface area contributed by atoms with Crippen LogP contribution in [0.15, 0.2) is 76.3 Å². The lowest BCUT2D eigenvalue weighted by atomic mass is 10.1. The van der Waals surface area contributed by atoms with Gasteiger partial charge in [-0.15, -0.1) is 0 Å². The van der Waals surface area contributed by atoms with Gasteiger partial charge in [0.15, 0.2) is 5.84 Å². The SMILES string of the molecule is Cc1cc(/C=C2/C(=N)N3N=C(c4ccccc4Cl)SC3=NC2=O)c(C)n1Cc1ccccc1. The van der Waals surface area contributed by atoms with E-state index < -0.39 is 5.91 Å². The minimum Gasteiger partial charge on any atom is -0.344 e. The van der Waals surface area contributed by atoms with E-state index in [4.69, 9.17) is 17.0 Å². The van der Waals surface area contributed by atoms with E-state index in [2.05, 4.69) is 26.8 Å². The van der Waals surface area contributed by atoms with Crippen molar-refractivity contribution in [3.05, 3.63) is 99.3 Å². The Morgan fingerprint density at radius 1 is 1.09 bits per heavy atom. The number of halogens is 1. The van der Waals surface area contributed by atoms with Crippen LogP contribution in [0.25, 0.3) is 6.08 Å². The van der Waals surface area contributed by atoms with Gasteiger partial charge < -0.3 is 4.57 Å². The summed E-state index contributed by atoms with van der Waals surface area (Å²) in [5.74, 6) is -0.436. The molecule has 1 amide bonds. The van der Waals surface area contributed by atoms with Crippen LogP contribution >= 0.6 is 23.4 Å². The van der Waals surface area contributed by atoms with Gasteiger partial charge in [-0.05, 0) is 54.9 Å². The Morgan fingerprint density at radius 3 is 2.58 bits per heavy atom. The van der Waals surface area contributed by atoms with Gasteiger partial charge in [0.25, 0.3) is 5.91 Å². The van der Waals surface area contributed by atoms with Gasteiger partial charge in [0.1, 0.15) is 5.04 Å². The van der Waals surface area contributed by atoms with Crippen LogP contribution in [-0.4, -0.2) is 31.5 Å². The van der Waals surface area contributed by atoms with Crippen LogP contribution in [0.2, 0.25) is 5.02 Å². The summed E-state index contributed by atoms with van der Waals surface area (Å²) < 4.78 is 2.20. The molecular weight excluding hydrogens is 454 g/mol. The fourth-order valence-corrected chi connectivity index (χ4v) is 5.09. The largest absolute Gasteiger partial charge is 0.344 e. The molecule has 0 aliphatic carbocycles. The number of hydrazone groups is 1. The van der Waals surface area contributed by atoms with Crippen molar-refractivity contribution < 1.29 is 4.79 Å². The molecule has 0 radical (unpaired) electrons. The highest BCUT2D eigenvalue weighted by molar-refractivity contribution is 8.27. The Hall–Kier alpha value is -3.42. The van der Waals surface area contributed by atoms with Gasteiger partial charge in [-0.1, -0.05) is 60.1 Å². The van der Waals surface area contributed by atoms with E-state index in [-0.39, 0.29) is 11.4 Å². The minimum atomic E-state index is -0.442. The van der Waals surface area contributed by atoms with Crippen molar-refractivity contribution in [2.45, 2.75) is 20.4 Å². The summed E-state index contributed by atoms with van der Waals surface area (Å²) in [6.07, 6.45) is 1.74. The first-order valence-electron chi connectivity index (χ1n) is 10.4. The smallest absolute Gasteiger partial charge is 0.283 e. The number of fused-ring (bicyclic) bond motifs is 1. The maximum Gasteiger partial charge on any atom is 0.283 e. The van der Waals surface area contributed by atoms with E-state index in [1.165, 1.54) is 22.3 Å². The van der Waals surface area contributed by atoms with Crippen LogP contribution in [0.1, 0.15) is 28.1 Å². The number of amidine groups is 2. The summed E-state index contributed by atoms with van der Waals surface area (Å²) in [5, 5.41) is 16.1. The van der Waals surface area contributed by atoms with Gasteiger partial charge in [0, 0.05) is 23.5 Å². The molecule has 8 heteroatoms. The van der Waals surface area contributed by atoms with E-state index >= 15 is 0 Å². The van der Waals surface area contributed by atoms with Crippen LogP contribution in [0.5, 0.6) is 0 Å². The maximum atomic E-state index is 12.8. The number of carbonyl (C=O) groups is 1. The highest BCUT2D eigenvalue weighted by Crippen LogP contribution is 2.33. The molecule has 0 saturated carbocycles. The first kappa shape index (κ1) is 21.4. The molecular formula is C25H20ClN5OS. The predicted molar refractivity (Wildman–Crippen MR) is 135 cm³/mol. The number of hydrogen-bond donors (Lipinski definition) is 1. The molecule has 0 bridgehead atoms. The molecule has 0 fully saturated rings. The summed E-state index contributed by atoms with van der Waals surface area (Å²) in [7, 11) is 0. The molecule has 164 valence electrons. The Kier molecular flexibility index (Phi) is 5.52. The number of benzene rings is 2. The summed E-state index contributed by atoms with van der Waals surface area (Å²) in [4.78, 5) is 17.0. The number of amides is 1. The summed E-state index contributed by atoms with van der Waals surface area (Å²) in [6, 6.07) is 19.6. The fraction of sp³-hybridized carbons (Fsp3) is 0.120. The van der Waals surface area contributed by atoms with Crippen molar-refractivity contribution in [3.63, 3.8) is 0 Å². The number of hydrogen-bond acceptors (Lipinski definition) is 4. The van der Waals surface area contributed by atoms with Crippen molar-refractivity contribution in [2.24, 2.45) is 10.1 Å². The molecule has 1 aromatic heterocycles. The lowest BCUT2D eigenvalue weighted by Gasteiger charge is -2.20. The molecule has 0 spiro atoms. The third-order valence-electron chi connectivity index (χ3n) is 5.65. The van der Waals surface area contributed by atoms with Crippen molar-refractivity contribution in [2.75, 3.05) is 0 Å². The number of rotatable bonds is 4. The number of nitrogens with zero attached hydrogens (tertiary/aromatic N) is 4. The average Bonchev–Trinajstić information content (AvgIpc) is 3.34. The van der Waals surface area contributed by atoms with Gasteiger partial charge in [-0.2, -0.15) is 15.1 Å². The van der Waals surface area contributed by atoms with E-state index in [0.717, 1.165) is 29.1 Å². The molecule has 6 nitrogen and oxygen atoms in total. The van der Waals surface area contributed by atoms with Crippen LogP contribution in [0.4, 0.5) is 0 Å². The summed E-state index contributed by atoms with van der Waals surface area (Å²) in [6.45, 7) is 4.80. The molecule has 3 heterocycles. The maximum absolute atomic E-state index is 12.8. The number of thioether (sulfide) groups is 1. The number of aromatic nitrogens is 1. The van der Waals surface area contributed by atoms with Gasteiger partial charge in [-0.3, -0.25) is 10.2 Å². The molecule has 0 unspecified atom stereocenters. The third kappa shape index (κ3) is 3.94. The molecule has 0 saturated heterocycles. The normalized spacial score (nSPS) is 16.8. The van der Waals surface area contributed by atoms with E-state index in [0.29, 0.717) is 15.2 Å². The second-order valence-electron chi connectivity index (χ2n) is 7.80. The van der Waals surface area contributed by atoms with Gasteiger partial charge >= 0.3 is 0 Å². The van der Waals surface area contributed by atoms with Crippen LogP contribution < -0.4 is 0 Å². The molecule has 0 atom stereocenters. The molecule has 1 N–H and O–H groups in total. The van der Waals surface area contributed by atoms with Gasteiger partial charge in [0.2, 0.25) is 5.17 Å². The molecule has 2 aliphatic heterocycles.